The molecule has 3 N–H and O–H groups in total. The highest BCUT2D eigenvalue weighted by Crippen LogP contribution is 2.35. The summed E-state index contributed by atoms with van der Waals surface area (Å²) >= 11 is 7.52. The van der Waals surface area contributed by atoms with Gasteiger partial charge < -0.3 is 29.6 Å². The van der Waals surface area contributed by atoms with Crippen LogP contribution in [0.5, 0.6) is 17.2 Å². The Hall–Kier alpha value is -4.69. The molecule has 0 unspecified atom stereocenters. The van der Waals surface area contributed by atoms with Crippen LogP contribution < -0.4 is 30.3 Å². The number of hydrazone groups is 1. The first-order valence-corrected chi connectivity index (χ1v) is 16.2. The van der Waals surface area contributed by atoms with E-state index in [9.17, 15) is 9.59 Å². The molecule has 5 rings (SSSR count). The Morgan fingerprint density at radius 3 is 2.55 bits per heavy atom. The van der Waals surface area contributed by atoms with Crippen LogP contribution in [0.15, 0.2) is 95.2 Å². The number of methoxy groups -OCH3 is 1. The number of esters is 1. The van der Waals surface area contributed by atoms with Crippen molar-refractivity contribution in [2.75, 3.05) is 20.3 Å². The molecule has 0 aromatic heterocycles. The third kappa shape index (κ3) is 8.37. The van der Waals surface area contributed by atoms with Crippen molar-refractivity contribution in [2.24, 2.45) is 5.10 Å². The number of amides is 1. The van der Waals surface area contributed by atoms with E-state index in [1.54, 1.807) is 45.2 Å². The molecule has 1 atom stereocenters. The quantitative estimate of drug-likeness (QED) is 0.0532. The first-order chi connectivity index (χ1) is 22.8. The molecule has 0 saturated heterocycles. The van der Waals surface area contributed by atoms with Gasteiger partial charge in [-0.1, -0.05) is 54.6 Å². The second-order valence-electron chi connectivity index (χ2n) is 10.4. The van der Waals surface area contributed by atoms with Crippen LogP contribution in [0, 0.1) is 3.57 Å². The number of rotatable bonds is 12. The number of carbonyl (C=O) groups is 2. The van der Waals surface area contributed by atoms with Crippen LogP contribution in [-0.2, 0) is 20.9 Å². The number of hydrogen-bond donors (Lipinski definition) is 3. The average molecular weight is 765 g/mol. The number of para-hydroxylation sites is 1. The van der Waals surface area contributed by atoms with Gasteiger partial charge in [-0.15, -0.1) is 0 Å². The predicted molar refractivity (Wildman–Crippen MR) is 193 cm³/mol. The van der Waals surface area contributed by atoms with Crippen LogP contribution in [0.25, 0.3) is 10.8 Å². The van der Waals surface area contributed by atoms with E-state index in [-0.39, 0.29) is 13.2 Å². The van der Waals surface area contributed by atoms with Gasteiger partial charge in [-0.2, -0.15) is 5.10 Å². The van der Waals surface area contributed by atoms with Gasteiger partial charge in [0.05, 0.1) is 35.1 Å². The van der Waals surface area contributed by atoms with Crippen LogP contribution in [0.1, 0.15) is 36.6 Å². The van der Waals surface area contributed by atoms with E-state index in [4.69, 9.17) is 31.2 Å². The molecule has 1 amide bonds. The summed E-state index contributed by atoms with van der Waals surface area (Å²) in [4.78, 5) is 25.5. The second-order valence-corrected chi connectivity index (χ2v) is 12.0. The zero-order chi connectivity index (χ0) is 33.3. The highest BCUT2D eigenvalue weighted by molar-refractivity contribution is 14.1. The number of benzene rings is 4. The highest BCUT2D eigenvalue weighted by Gasteiger charge is 2.32. The third-order valence-electron chi connectivity index (χ3n) is 7.20. The van der Waals surface area contributed by atoms with Gasteiger partial charge in [0.1, 0.15) is 12.4 Å². The fourth-order valence-corrected chi connectivity index (χ4v) is 6.10. The van der Waals surface area contributed by atoms with E-state index >= 15 is 0 Å². The molecule has 12 heteroatoms. The van der Waals surface area contributed by atoms with Crippen molar-refractivity contribution >= 4 is 68.8 Å². The van der Waals surface area contributed by atoms with Crippen LogP contribution in [0.3, 0.4) is 0 Å². The molecule has 0 aliphatic carbocycles. The first-order valence-electron chi connectivity index (χ1n) is 14.7. The van der Waals surface area contributed by atoms with E-state index in [0.717, 1.165) is 14.5 Å². The SMILES string of the molecule is CCOC(=O)C1=C(C)NC(=S)N[C@H]1c1ccccc1OCC(=O)NN=Cc1cc(I)c(OCc2ccc3ccccc3c2)c(OC)c1. The van der Waals surface area contributed by atoms with E-state index in [1.165, 1.54) is 11.6 Å². The number of nitrogens with zero attached hydrogens (tertiary/aromatic N) is 1. The van der Waals surface area contributed by atoms with E-state index in [0.29, 0.717) is 51.4 Å². The maximum Gasteiger partial charge on any atom is 0.338 e. The minimum atomic E-state index is -0.628. The summed E-state index contributed by atoms with van der Waals surface area (Å²) in [5, 5.41) is 12.9. The number of allylic oxidation sites excluding steroid dienone is 1. The fourth-order valence-electron chi connectivity index (χ4n) is 5.05. The lowest BCUT2D eigenvalue weighted by atomic mass is 9.95. The largest absolute Gasteiger partial charge is 0.493 e. The number of fused-ring (bicyclic) bond motifs is 1. The number of hydrogen-bond acceptors (Lipinski definition) is 8. The van der Waals surface area contributed by atoms with Gasteiger partial charge in [0.15, 0.2) is 23.2 Å². The monoisotopic (exact) mass is 764 g/mol. The summed E-state index contributed by atoms with van der Waals surface area (Å²) in [6.07, 6.45) is 1.52. The highest BCUT2D eigenvalue weighted by atomic mass is 127. The van der Waals surface area contributed by atoms with E-state index in [2.05, 4.69) is 68.0 Å². The molecule has 1 aliphatic heterocycles. The van der Waals surface area contributed by atoms with Crippen molar-refractivity contribution in [1.82, 2.24) is 16.1 Å². The van der Waals surface area contributed by atoms with Gasteiger partial charge in [-0.05, 0) is 94.8 Å². The predicted octanol–water partition coefficient (Wildman–Crippen LogP) is 5.92. The molecule has 10 nitrogen and oxygen atoms in total. The molecule has 0 spiro atoms. The topological polar surface area (TPSA) is 120 Å². The molecule has 1 heterocycles. The summed E-state index contributed by atoms with van der Waals surface area (Å²) in [5.41, 5.74) is 5.82. The lowest BCUT2D eigenvalue weighted by molar-refractivity contribution is -0.139. The summed E-state index contributed by atoms with van der Waals surface area (Å²) in [5.74, 6) is 0.619. The van der Waals surface area contributed by atoms with Crippen molar-refractivity contribution in [3.05, 3.63) is 110 Å². The molecule has 0 radical (unpaired) electrons. The summed E-state index contributed by atoms with van der Waals surface area (Å²) in [6.45, 7) is 3.78. The Balaban J connectivity index is 1.21. The van der Waals surface area contributed by atoms with E-state index in [1.807, 2.05) is 30.3 Å². The van der Waals surface area contributed by atoms with Gasteiger partial charge in [0.2, 0.25) is 0 Å². The lowest BCUT2D eigenvalue weighted by Gasteiger charge is -2.30. The van der Waals surface area contributed by atoms with E-state index < -0.39 is 17.9 Å². The number of carbonyl (C=O) groups excluding carboxylic acids is 2. The average Bonchev–Trinajstić information content (AvgIpc) is 3.06. The molecule has 0 bridgehead atoms. The smallest absolute Gasteiger partial charge is 0.338 e. The Kier molecular flexibility index (Phi) is 11.3. The van der Waals surface area contributed by atoms with Crippen molar-refractivity contribution in [2.45, 2.75) is 26.5 Å². The number of ether oxygens (including phenoxy) is 4. The Morgan fingerprint density at radius 1 is 1.00 bits per heavy atom. The van der Waals surface area contributed by atoms with Crippen molar-refractivity contribution in [3.63, 3.8) is 0 Å². The summed E-state index contributed by atoms with van der Waals surface area (Å²) in [6, 6.07) is 24.6. The maximum atomic E-state index is 12.8. The zero-order valence-electron chi connectivity index (χ0n) is 26.0. The van der Waals surface area contributed by atoms with Crippen LogP contribution in [-0.4, -0.2) is 43.5 Å². The Morgan fingerprint density at radius 2 is 1.77 bits per heavy atom. The van der Waals surface area contributed by atoms with Gasteiger partial charge in [-0.25, -0.2) is 10.2 Å². The first kappa shape index (κ1) is 33.7. The molecule has 4 aromatic rings. The normalized spacial score (nSPS) is 14.4. The molecule has 4 aromatic carbocycles. The fraction of sp³-hybridized carbons (Fsp3) is 0.200. The number of thiocarbonyl (C=S) groups is 1. The molecular weight excluding hydrogens is 731 g/mol. The standard InChI is InChI=1S/C35H33IN4O6S/c1-4-44-34(42)31-21(2)38-35(47)39-32(31)26-11-7-8-12-28(26)45-20-30(41)40-37-18-23-16-27(36)33(29(17-23)43-3)46-19-22-13-14-24-9-5-6-10-25(24)15-22/h5-18,32H,4,19-20H2,1-3H3,(H,40,41)(H2,38,39,47)/t32-/m0/s1. The van der Waals surface area contributed by atoms with Crippen LogP contribution in [0.2, 0.25) is 0 Å². The van der Waals surface area contributed by atoms with Gasteiger partial charge in [0, 0.05) is 11.3 Å². The maximum absolute atomic E-state index is 12.8. The van der Waals surface area contributed by atoms with Crippen LogP contribution in [0.4, 0.5) is 0 Å². The molecule has 0 fully saturated rings. The number of halogens is 1. The van der Waals surface area contributed by atoms with Crippen LogP contribution >= 0.6 is 34.8 Å². The van der Waals surface area contributed by atoms with Crippen molar-refractivity contribution < 1.29 is 28.5 Å². The van der Waals surface area contributed by atoms with Crippen molar-refractivity contribution in [3.8, 4) is 17.2 Å². The molecular formula is C35H33IN4O6S. The zero-order valence-corrected chi connectivity index (χ0v) is 28.9. The molecule has 47 heavy (non-hydrogen) atoms. The third-order valence-corrected chi connectivity index (χ3v) is 8.23. The summed E-state index contributed by atoms with van der Waals surface area (Å²) < 4.78 is 23.7. The Labute approximate surface area is 291 Å². The number of nitrogens with one attached hydrogen (secondary N) is 3. The lowest BCUT2D eigenvalue weighted by Crippen LogP contribution is -2.45. The van der Waals surface area contributed by atoms with Gasteiger partial charge in [0.25, 0.3) is 5.91 Å². The second kappa shape index (κ2) is 15.7. The minimum absolute atomic E-state index is 0.224. The molecule has 242 valence electrons. The van der Waals surface area contributed by atoms with Gasteiger partial charge in [-0.3, -0.25) is 4.79 Å². The minimum Gasteiger partial charge on any atom is -0.493 e. The Bertz CT molecular complexity index is 1880. The summed E-state index contributed by atoms with van der Waals surface area (Å²) in [7, 11) is 1.58. The van der Waals surface area contributed by atoms with Gasteiger partial charge >= 0.3 is 5.97 Å². The molecule has 1 aliphatic rings. The van der Waals surface area contributed by atoms with Crippen molar-refractivity contribution in [1.29, 1.82) is 0 Å². The molecule has 0 saturated carbocycles.